The van der Waals surface area contributed by atoms with Gasteiger partial charge in [-0.1, -0.05) is 30.3 Å². The summed E-state index contributed by atoms with van der Waals surface area (Å²) in [7, 11) is 0. The molecule has 1 saturated carbocycles. The molecular formula is C16H23NO2. The van der Waals surface area contributed by atoms with E-state index >= 15 is 0 Å². The fourth-order valence-corrected chi connectivity index (χ4v) is 2.31. The van der Waals surface area contributed by atoms with Crippen LogP contribution in [0.4, 0.5) is 0 Å². The molecule has 0 spiro atoms. The molecule has 0 aliphatic heterocycles. The van der Waals surface area contributed by atoms with Crippen LogP contribution in [0.2, 0.25) is 0 Å². The average molecular weight is 261 g/mol. The van der Waals surface area contributed by atoms with E-state index in [0.717, 1.165) is 18.4 Å². The van der Waals surface area contributed by atoms with Crippen molar-refractivity contribution in [3.63, 3.8) is 0 Å². The molecular weight excluding hydrogens is 238 g/mol. The normalized spacial score (nSPS) is 16.4. The van der Waals surface area contributed by atoms with E-state index in [1.165, 1.54) is 0 Å². The summed E-state index contributed by atoms with van der Waals surface area (Å²) in [6.07, 6.45) is 2.54. The van der Waals surface area contributed by atoms with Gasteiger partial charge in [-0.2, -0.15) is 0 Å². The van der Waals surface area contributed by atoms with Crippen molar-refractivity contribution in [3.8, 4) is 0 Å². The minimum atomic E-state index is 0.0141. The second kappa shape index (κ2) is 6.71. The Hall–Kier alpha value is -1.35. The van der Waals surface area contributed by atoms with Crippen LogP contribution in [0.25, 0.3) is 0 Å². The zero-order valence-corrected chi connectivity index (χ0v) is 11.8. The van der Waals surface area contributed by atoms with E-state index < -0.39 is 0 Å². The molecule has 1 aromatic rings. The quantitative estimate of drug-likeness (QED) is 0.766. The van der Waals surface area contributed by atoms with Gasteiger partial charge in [0.15, 0.2) is 0 Å². The molecule has 1 aliphatic carbocycles. The Bertz CT molecular complexity index is 398. The van der Waals surface area contributed by atoms with Crippen molar-refractivity contribution >= 4 is 5.91 Å². The lowest BCUT2D eigenvalue weighted by atomic mass is 9.93. The van der Waals surface area contributed by atoms with Gasteiger partial charge in [0.25, 0.3) is 0 Å². The van der Waals surface area contributed by atoms with Crippen molar-refractivity contribution in [2.45, 2.75) is 38.7 Å². The number of nitrogens with one attached hydrogen (secondary N) is 1. The summed E-state index contributed by atoms with van der Waals surface area (Å²) < 4.78 is 5.44. The number of benzene rings is 1. The van der Waals surface area contributed by atoms with Crippen LogP contribution in [0.1, 0.15) is 38.2 Å². The first kappa shape index (κ1) is 14.1. The molecule has 1 atom stereocenters. The van der Waals surface area contributed by atoms with Gasteiger partial charge in [0.05, 0.1) is 18.6 Å². The fraction of sp³-hybridized carbons (Fsp3) is 0.562. The minimum absolute atomic E-state index is 0.0141. The molecule has 0 bridgehead atoms. The van der Waals surface area contributed by atoms with Crippen molar-refractivity contribution in [2.24, 2.45) is 5.92 Å². The van der Waals surface area contributed by atoms with E-state index in [0.29, 0.717) is 19.1 Å². The molecule has 3 heteroatoms. The molecule has 1 fully saturated rings. The third kappa shape index (κ3) is 4.35. The van der Waals surface area contributed by atoms with Gasteiger partial charge in [0, 0.05) is 6.54 Å². The maximum Gasteiger partial charge on any atom is 0.227 e. The number of hydrogen-bond donors (Lipinski definition) is 1. The molecule has 0 aromatic heterocycles. The zero-order valence-electron chi connectivity index (χ0n) is 11.8. The van der Waals surface area contributed by atoms with E-state index in [9.17, 15) is 4.79 Å². The van der Waals surface area contributed by atoms with E-state index in [-0.39, 0.29) is 17.9 Å². The Morgan fingerprint density at radius 2 is 2.00 bits per heavy atom. The summed E-state index contributed by atoms with van der Waals surface area (Å²) in [5.41, 5.74) is 1.13. The lowest BCUT2D eigenvalue weighted by Gasteiger charge is -2.17. The van der Waals surface area contributed by atoms with Crippen LogP contribution in [-0.2, 0) is 9.53 Å². The second-order valence-corrected chi connectivity index (χ2v) is 5.44. The SMILES string of the molecule is CC(C)OCCNC(=O)C(c1ccccc1)C1CC1. The first-order chi connectivity index (χ1) is 9.18. The number of hydrogen-bond acceptors (Lipinski definition) is 2. The molecule has 1 aliphatic rings. The third-order valence-electron chi connectivity index (χ3n) is 3.39. The first-order valence-electron chi connectivity index (χ1n) is 7.12. The minimum Gasteiger partial charge on any atom is -0.377 e. The van der Waals surface area contributed by atoms with Gasteiger partial charge in [-0.05, 0) is 38.2 Å². The summed E-state index contributed by atoms with van der Waals surface area (Å²) in [6.45, 7) is 5.17. The van der Waals surface area contributed by atoms with Gasteiger partial charge in [0.2, 0.25) is 5.91 Å². The largest absolute Gasteiger partial charge is 0.377 e. The van der Waals surface area contributed by atoms with Crippen LogP contribution in [0.15, 0.2) is 30.3 Å². The van der Waals surface area contributed by atoms with Crippen LogP contribution >= 0.6 is 0 Å². The topological polar surface area (TPSA) is 38.3 Å². The number of ether oxygens (including phenoxy) is 1. The maximum absolute atomic E-state index is 12.3. The van der Waals surface area contributed by atoms with E-state index in [2.05, 4.69) is 5.32 Å². The predicted molar refractivity (Wildman–Crippen MR) is 76.0 cm³/mol. The number of amides is 1. The Kier molecular flexibility index (Phi) is 4.97. The molecule has 104 valence electrons. The van der Waals surface area contributed by atoms with Crippen LogP contribution in [-0.4, -0.2) is 25.2 Å². The maximum atomic E-state index is 12.3. The Morgan fingerprint density at radius 1 is 1.32 bits per heavy atom. The van der Waals surface area contributed by atoms with Crippen LogP contribution in [0, 0.1) is 5.92 Å². The average Bonchev–Trinajstić information content (AvgIpc) is 3.21. The van der Waals surface area contributed by atoms with Gasteiger partial charge < -0.3 is 10.1 Å². The van der Waals surface area contributed by atoms with Gasteiger partial charge in [-0.15, -0.1) is 0 Å². The summed E-state index contributed by atoms with van der Waals surface area (Å²) in [4.78, 5) is 12.3. The molecule has 1 unspecified atom stereocenters. The molecule has 0 heterocycles. The lowest BCUT2D eigenvalue weighted by molar-refractivity contribution is -0.123. The van der Waals surface area contributed by atoms with Crippen molar-refractivity contribution < 1.29 is 9.53 Å². The van der Waals surface area contributed by atoms with Crippen LogP contribution < -0.4 is 5.32 Å². The van der Waals surface area contributed by atoms with E-state index in [1.807, 2.05) is 44.2 Å². The molecule has 1 aromatic carbocycles. The van der Waals surface area contributed by atoms with Gasteiger partial charge in [-0.3, -0.25) is 4.79 Å². The highest BCUT2D eigenvalue weighted by atomic mass is 16.5. The summed E-state index contributed by atoms with van der Waals surface area (Å²) in [5.74, 6) is 0.676. The zero-order chi connectivity index (χ0) is 13.7. The van der Waals surface area contributed by atoms with E-state index in [1.54, 1.807) is 0 Å². The molecule has 19 heavy (non-hydrogen) atoms. The lowest BCUT2D eigenvalue weighted by Crippen LogP contribution is -2.33. The molecule has 1 amide bonds. The predicted octanol–water partition coefficient (Wildman–Crippen LogP) is 2.72. The van der Waals surface area contributed by atoms with Crippen LogP contribution in [0.3, 0.4) is 0 Å². The summed E-state index contributed by atoms with van der Waals surface area (Å²) in [6, 6.07) is 10.1. The van der Waals surface area contributed by atoms with Crippen molar-refractivity contribution in [3.05, 3.63) is 35.9 Å². The fourth-order valence-electron chi connectivity index (χ4n) is 2.31. The number of carbonyl (C=O) groups is 1. The highest BCUT2D eigenvalue weighted by Crippen LogP contribution is 2.42. The van der Waals surface area contributed by atoms with Crippen molar-refractivity contribution in [1.29, 1.82) is 0 Å². The molecule has 2 rings (SSSR count). The van der Waals surface area contributed by atoms with Crippen molar-refractivity contribution in [2.75, 3.05) is 13.2 Å². The summed E-state index contributed by atoms with van der Waals surface area (Å²) in [5, 5.41) is 2.99. The number of rotatable bonds is 7. The smallest absolute Gasteiger partial charge is 0.227 e. The van der Waals surface area contributed by atoms with Gasteiger partial charge in [0.1, 0.15) is 0 Å². The highest BCUT2D eigenvalue weighted by molar-refractivity contribution is 5.84. The molecule has 0 saturated heterocycles. The second-order valence-electron chi connectivity index (χ2n) is 5.44. The third-order valence-corrected chi connectivity index (χ3v) is 3.39. The standard InChI is InChI=1S/C16H23NO2/c1-12(2)19-11-10-17-16(18)15(14-8-9-14)13-6-4-3-5-7-13/h3-7,12,14-15H,8-11H2,1-2H3,(H,17,18). The summed E-state index contributed by atoms with van der Waals surface area (Å²) >= 11 is 0. The monoisotopic (exact) mass is 261 g/mol. The van der Waals surface area contributed by atoms with Crippen LogP contribution in [0.5, 0.6) is 0 Å². The Balaban J connectivity index is 1.87. The van der Waals surface area contributed by atoms with Gasteiger partial charge in [-0.25, -0.2) is 0 Å². The highest BCUT2D eigenvalue weighted by Gasteiger charge is 2.36. The molecule has 0 radical (unpaired) electrons. The van der Waals surface area contributed by atoms with Crippen molar-refractivity contribution in [1.82, 2.24) is 5.32 Å². The first-order valence-corrected chi connectivity index (χ1v) is 7.12. The Morgan fingerprint density at radius 3 is 2.58 bits per heavy atom. The molecule has 3 nitrogen and oxygen atoms in total. The Labute approximate surface area is 115 Å². The number of carbonyl (C=O) groups excluding carboxylic acids is 1. The van der Waals surface area contributed by atoms with E-state index in [4.69, 9.17) is 4.74 Å². The molecule has 1 N–H and O–H groups in total. The van der Waals surface area contributed by atoms with Gasteiger partial charge >= 0.3 is 0 Å².